The Morgan fingerprint density at radius 1 is 0.292 bits per heavy atom. The molecule has 96 heavy (non-hydrogen) atoms. The SMILES string of the molecule is CCCCCC/C=C\C=C/CCCCCCCC(=O)OC[C@H](COP(=O)(O)OC[C@@H](O)COP(=O)(O)OC[C@@H](COC(=O)CCCCCCCCCCCC)OC(=O)CCCCCCCCCCCCCCCCC)OC(=O)CCCCCCCCCCCCCCCCCC. The molecular weight excluding hydrogens is 1260 g/mol. The molecule has 19 heteroatoms. The topological polar surface area (TPSA) is 237 Å². The van der Waals surface area contributed by atoms with Gasteiger partial charge >= 0.3 is 39.5 Å². The fourth-order valence-corrected chi connectivity index (χ4v) is 13.0. The van der Waals surface area contributed by atoms with Crippen molar-refractivity contribution in [2.24, 2.45) is 0 Å². The Morgan fingerprint density at radius 2 is 0.500 bits per heavy atom. The summed E-state index contributed by atoms with van der Waals surface area (Å²) in [5.41, 5.74) is 0. The highest BCUT2D eigenvalue weighted by atomic mass is 31.2. The predicted molar refractivity (Wildman–Crippen MR) is 391 cm³/mol. The molecule has 0 fully saturated rings. The zero-order valence-corrected chi connectivity index (χ0v) is 63.6. The van der Waals surface area contributed by atoms with Gasteiger partial charge in [0.1, 0.15) is 19.3 Å². The Kier molecular flexibility index (Phi) is 69.1. The molecule has 0 aromatic heterocycles. The number of esters is 4. The Morgan fingerprint density at radius 3 is 0.760 bits per heavy atom. The van der Waals surface area contributed by atoms with E-state index in [1.807, 2.05) is 0 Å². The molecule has 0 saturated heterocycles. The van der Waals surface area contributed by atoms with E-state index in [2.05, 4.69) is 52.0 Å². The number of ether oxygens (including phenoxy) is 4. The van der Waals surface area contributed by atoms with Gasteiger partial charge in [-0.25, -0.2) is 9.13 Å². The number of unbranched alkanes of at least 4 members (excludes halogenated alkanes) is 47. The zero-order chi connectivity index (χ0) is 70.4. The van der Waals surface area contributed by atoms with E-state index in [1.54, 1.807) is 0 Å². The third-order valence-corrected chi connectivity index (χ3v) is 19.4. The second-order valence-electron chi connectivity index (χ2n) is 27.1. The number of carbonyl (C=O) groups is 4. The molecule has 0 aliphatic heterocycles. The average Bonchev–Trinajstić information content (AvgIpc) is 1.34. The molecule has 5 atom stereocenters. The number of rotatable bonds is 76. The molecule has 0 rings (SSSR count). The van der Waals surface area contributed by atoms with Gasteiger partial charge in [-0.3, -0.25) is 37.3 Å². The van der Waals surface area contributed by atoms with Crippen molar-refractivity contribution in [2.75, 3.05) is 39.6 Å². The minimum Gasteiger partial charge on any atom is -0.462 e. The van der Waals surface area contributed by atoms with Crippen LogP contribution in [0.5, 0.6) is 0 Å². The normalized spacial score (nSPS) is 14.0. The number of aliphatic hydroxyl groups is 1. The Labute approximate surface area is 586 Å². The summed E-state index contributed by atoms with van der Waals surface area (Å²) in [6.07, 6.45) is 64.4. The number of carbonyl (C=O) groups excluding carboxylic acids is 4. The summed E-state index contributed by atoms with van der Waals surface area (Å²) >= 11 is 0. The lowest BCUT2D eigenvalue weighted by atomic mass is 10.0. The molecular formula is C77H146O17P2. The molecule has 566 valence electrons. The number of phosphoric ester groups is 2. The summed E-state index contributed by atoms with van der Waals surface area (Å²) in [6, 6.07) is 0. The maximum Gasteiger partial charge on any atom is 0.472 e. The summed E-state index contributed by atoms with van der Waals surface area (Å²) in [5.74, 6) is -2.14. The van der Waals surface area contributed by atoms with Crippen molar-refractivity contribution < 1.29 is 80.2 Å². The van der Waals surface area contributed by atoms with Crippen LogP contribution in [0.4, 0.5) is 0 Å². The third kappa shape index (κ3) is 70.0. The Bertz CT molecular complexity index is 1920. The van der Waals surface area contributed by atoms with Crippen molar-refractivity contribution in [1.29, 1.82) is 0 Å². The Balaban J connectivity index is 5.28. The molecule has 0 saturated carbocycles. The number of aliphatic hydroxyl groups excluding tert-OH is 1. The number of hydrogen-bond donors (Lipinski definition) is 3. The minimum atomic E-state index is -4.96. The van der Waals surface area contributed by atoms with E-state index < -0.39 is 97.5 Å². The number of allylic oxidation sites excluding steroid dienone is 4. The van der Waals surface area contributed by atoms with E-state index in [1.165, 1.54) is 199 Å². The summed E-state index contributed by atoms with van der Waals surface area (Å²) in [4.78, 5) is 72.8. The summed E-state index contributed by atoms with van der Waals surface area (Å²) in [5, 5.41) is 10.6. The van der Waals surface area contributed by atoms with Crippen LogP contribution in [0.2, 0.25) is 0 Å². The maximum absolute atomic E-state index is 13.1. The Hall–Kier alpha value is -2.46. The molecule has 0 aromatic rings. The molecule has 0 aliphatic rings. The largest absolute Gasteiger partial charge is 0.472 e. The van der Waals surface area contributed by atoms with Crippen molar-refractivity contribution in [3.63, 3.8) is 0 Å². The standard InChI is InChI=1S/C77H146O17P2/c1-5-9-13-17-21-25-29-32-35-38-41-44-48-52-56-60-64-77(82)94-73(68-88-75(80)62-58-54-50-46-42-39-36-33-30-26-22-18-14-10-6-2)70-92-96(85,86)90-66-71(78)65-89-95(83,84)91-69-72(67-87-74(79)61-57-53-49-45-28-24-20-16-12-8-4)93-76(81)63-59-55-51-47-43-40-37-34-31-27-23-19-15-11-7-3/h26,30,33,36,71-73,78H,5-25,27-29,31-32,34-35,37-70H2,1-4H3,(H,83,84)(H,85,86)/b30-26-,36-33-/t71-,72+,73+/m0/s1. The first-order valence-corrected chi connectivity index (χ1v) is 42.6. The van der Waals surface area contributed by atoms with E-state index in [0.29, 0.717) is 25.7 Å². The molecule has 0 heterocycles. The second-order valence-corrected chi connectivity index (χ2v) is 30.0. The molecule has 0 spiro atoms. The highest BCUT2D eigenvalue weighted by Gasteiger charge is 2.30. The van der Waals surface area contributed by atoms with E-state index in [0.717, 1.165) is 109 Å². The van der Waals surface area contributed by atoms with Crippen LogP contribution in [0, 0.1) is 0 Å². The fourth-order valence-electron chi connectivity index (χ4n) is 11.4. The number of phosphoric acid groups is 2. The van der Waals surface area contributed by atoms with E-state index in [-0.39, 0.29) is 25.7 Å². The van der Waals surface area contributed by atoms with Crippen molar-refractivity contribution in [3.05, 3.63) is 24.3 Å². The first kappa shape index (κ1) is 93.5. The summed E-state index contributed by atoms with van der Waals surface area (Å²) in [7, 11) is -9.92. The predicted octanol–water partition coefficient (Wildman–Crippen LogP) is 22.6. The van der Waals surface area contributed by atoms with Gasteiger partial charge in [0.25, 0.3) is 0 Å². The van der Waals surface area contributed by atoms with Gasteiger partial charge in [0.2, 0.25) is 0 Å². The quantitative estimate of drug-likeness (QED) is 0.0169. The van der Waals surface area contributed by atoms with Crippen LogP contribution in [-0.2, 0) is 65.4 Å². The van der Waals surface area contributed by atoms with Gasteiger partial charge in [-0.2, -0.15) is 0 Å². The zero-order valence-electron chi connectivity index (χ0n) is 61.8. The van der Waals surface area contributed by atoms with Gasteiger partial charge in [0.05, 0.1) is 26.4 Å². The van der Waals surface area contributed by atoms with E-state index in [9.17, 15) is 43.2 Å². The first-order valence-electron chi connectivity index (χ1n) is 39.6. The lowest BCUT2D eigenvalue weighted by molar-refractivity contribution is -0.161. The van der Waals surface area contributed by atoms with Crippen LogP contribution in [0.15, 0.2) is 24.3 Å². The van der Waals surface area contributed by atoms with Crippen LogP contribution < -0.4 is 0 Å². The van der Waals surface area contributed by atoms with Gasteiger partial charge in [0.15, 0.2) is 12.2 Å². The van der Waals surface area contributed by atoms with Gasteiger partial charge in [-0.05, 0) is 51.4 Å². The molecule has 0 amide bonds. The molecule has 2 unspecified atom stereocenters. The van der Waals surface area contributed by atoms with Crippen molar-refractivity contribution in [2.45, 2.75) is 406 Å². The van der Waals surface area contributed by atoms with Gasteiger partial charge in [-0.1, -0.05) is 335 Å². The van der Waals surface area contributed by atoms with Crippen molar-refractivity contribution >= 4 is 39.5 Å². The maximum atomic E-state index is 13.1. The van der Waals surface area contributed by atoms with Crippen LogP contribution >= 0.6 is 15.6 Å². The molecule has 0 aliphatic carbocycles. The lowest BCUT2D eigenvalue weighted by Gasteiger charge is -2.21. The van der Waals surface area contributed by atoms with Crippen molar-refractivity contribution in [1.82, 2.24) is 0 Å². The molecule has 0 aromatic carbocycles. The second kappa shape index (κ2) is 71.0. The van der Waals surface area contributed by atoms with Crippen LogP contribution in [0.3, 0.4) is 0 Å². The fraction of sp³-hybridized carbons (Fsp3) is 0.896. The summed E-state index contributed by atoms with van der Waals surface area (Å²) in [6.45, 7) is 4.93. The monoisotopic (exact) mass is 1410 g/mol. The number of hydrogen-bond acceptors (Lipinski definition) is 15. The molecule has 17 nitrogen and oxygen atoms in total. The molecule has 0 radical (unpaired) electrons. The highest BCUT2D eigenvalue weighted by molar-refractivity contribution is 7.47. The molecule has 0 bridgehead atoms. The third-order valence-electron chi connectivity index (χ3n) is 17.5. The van der Waals surface area contributed by atoms with Gasteiger partial charge in [-0.15, -0.1) is 0 Å². The van der Waals surface area contributed by atoms with Crippen LogP contribution in [0.1, 0.15) is 387 Å². The van der Waals surface area contributed by atoms with Gasteiger partial charge < -0.3 is 33.8 Å². The highest BCUT2D eigenvalue weighted by Crippen LogP contribution is 2.45. The van der Waals surface area contributed by atoms with E-state index in [4.69, 9.17) is 37.0 Å². The van der Waals surface area contributed by atoms with Crippen molar-refractivity contribution in [3.8, 4) is 0 Å². The summed E-state index contributed by atoms with van der Waals surface area (Å²) < 4.78 is 68.5. The van der Waals surface area contributed by atoms with Crippen LogP contribution in [0.25, 0.3) is 0 Å². The van der Waals surface area contributed by atoms with Crippen LogP contribution in [-0.4, -0.2) is 96.7 Å². The lowest BCUT2D eigenvalue weighted by Crippen LogP contribution is -2.30. The van der Waals surface area contributed by atoms with E-state index >= 15 is 0 Å². The smallest absolute Gasteiger partial charge is 0.462 e. The minimum absolute atomic E-state index is 0.102. The first-order chi connectivity index (χ1) is 46.7. The molecule has 3 N–H and O–H groups in total. The average molecular weight is 1410 g/mol. The van der Waals surface area contributed by atoms with Gasteiger partial charge in [0, 0.05) is 25.7 Å².